The molecule has 132 valence electrons. The summed E-state index contributed by atoms with van der Waals surface area (Å²) in [6, 6.07) is 7.41. The Bertz CT molecular complexity index is 741. The number of hydrogen-bond acceptors (Lipinski definition) is 6. The maximum Gasteiger partial charge on any atom is 0.239 e. The third kappa shape index (κ3) is 4.34. The number of piperazine rings is 1. The highest BCUT2D eigenvalue weighted by Crippen LogP contribution is 2.20. The van der Waals surface area contributed by atoms with Crippen molar-refractivity contribution in [2.45, 2.75) is 19.8 Å². The van der Waals surface area contributed by atoms with Gasteiger partial charge in [-0.3, -0.25) is 9.59 Å². The Morgan fingerprint density at radius 2 is 2.16 bits per heavy atom. The maximum absolute atomic E-state index is 12.1. The van der Waals surface area contributed by atoms with Crippen LogP contribution in [0.2, 0.25) is 0 Å². The molecule has 2 heterocycles. The Morgan fingerprint density at radius 1 is 1.36 bits per heavy atom. The van der Waals surface area contributed by atoms with Crippen LogP contribution in [0.5, 0.6) is 5.75 Å². The smallest absolute Gasteiger partial charge is 0.239 e. The van der Waals surface area contributed by atoms with Gasteiger partial charge in [0.25, 0.3) is 0 Å². The predicted octanol–water partition coefficient (Wildman–Crippen LogP) is 1.03. The first-order valence-electron chi connectivity index (χ1n) is 8.26. The Hall–Kier alpha value is -2.90. The van der Waals surface area contributed by atoms with Crippen molar-refractivity contribution in [3.05, 3.63) is 30.2 Å². The Kier molecular flexibility index (Phi) is 5.27. The standard InChI is InChI=1S/C17H20N4O4/c1-2-24-13-5-3-12(4-6-13)17-19-15(25-20-17)7-8-16(23)21-10-9-18-14(22)11-21/h3-6H,2,7-11H2,1H3,(H,18,22). The van der Waals surface area contributed by atoms with Crippen LogP contribution in [-0.4, -0.2) is 53.1 Å². The van der Waals surface area contributed by atoms with Crippen molar-refractivity contribution < 1.29 is 18.8 Å². The lowest BCUT2D eigenvalue weighted by Crippen LogP contribution is -2.50. The van der Waals surface area contributed by atoms with Crippen LogP contribution in [0.15, 0.2) is 28.8 Å². The quantitative estimate of drug-likeness (QED) is 0.840. The normalized spacial score (nSPS) is 14.3. The van der Waals surface area contributed by atoms with Crippen LogP contribution in [0.4, 0.5) is 0 Å². The van der Waals surface area contributed by atoms with Crippen LogP contribution in [0.3, 0.4) is 0 Å². The summed E-state index contributed by atoms with van der Waals surface area (Å²) < 4.78 is 10.6. The van der Waals surface area contributed by atoms with Crippen molar-refractivity contribution in [1.29, 1.82) is 0 Å². The fourth-order valence-electron chi connectivity index (χ4n) is 2.56. The summed E-state index contributed by atoms with van der Waals surface area (Å²) in [6.45, 7) is 3.67. The molecule has 1 N–H and O–H groups in total. The predicted molar refractivity (Wildman–Crippen MR) is 88.8 cm³/mol. The van der Waals surface area contributed by atoms with Gasteiger partial charge < -0.3 is 19.5 Å². The molecule has 1 aromatic heterocycles. The molecule has 1 aliphatic heterocycles. The minimum atomic E-state index is -0.129. The maximum atomic E-state index is 12.1. The fourth-order valence-corrected chi connectivity index (χ4v) is 2.56. The first kappa shape index (κ1) is 16.9. The molecule has 3 rings (SSSR count). The van der Waals surface area contributed by atoms with Crippen LogP contribution in [0, 0.1) is 0 Å². The van der Waals surface area contributed by atoms with Gasteiger partial charge in [0.15, 0.2) is 0 Å². The zero-order valence-corrected chi connectivity index (χ0v) is 14.0. The van der Waals surface area contributed by atoms with Gasteiger partial charge in [0, 0.05) is 31.5 Å². The van der Waals surface area contributed by atoms with E-state index in [0.717, 1.165) is 11.3 Å². The lowest BCUT2D eigenvalue weighted by atomic mass is 10.2. The molecule has 0 unspecified atom stereocenters. The number of ether oxygens (including phenoxy) is 1. The topological polar surface area (TPSA) is 97.6 Å². The van der Waals surface area contributed by atoms with E-state index in [9.17, 15) is 9.59 Å². The Labute approximate surface area is 145 Å². The van der Waals surface area contributed by atoms with Crippen molar-refractivity contribution in [1.82, 2.24) is 20.4 Å². The van der Waals surface area contributed by atoms with Crippen LogP contribution in [-0.2, 0) is 16.0 Å². The zero-order chi connectivity index (χ0) is 17.6. The number of amides is 2. The summed E-state index contributed by atoms with van der Waals surface area (Å²) in [5.74, 6) is 1.44. The van der Waals surface area contributed by atoms with Gasteiger partial charge in [-0.05, 0) is 31.2 Å². The second-order valence-corrected chi connectivity index (χ2v) is 5.63. The van der Waals surface area contributed by atoms with E-state index >= 15 is 0 Å². The van der Waals surface area contributed by atoms with Crippen LogP contribution < -0.4 is 10.1 Å². The average Bonchev–Trinajstić information content (AvgIpc) is 3.09. The first-order chi connectivity index (χ1) is 12.2. The number of nitrogens with zero attached hydrogens (tertiary/aromatic N) is 3. The van der Waals surface area contributed by atoms with E-state index in [-0.39, 0.29) is 24.8 Å². The lowest BCUT2D eigenvalue weighted by molar-refractivity contribution is -0.138. The molecular weight excluding hydrogens is 324 g/mol. The second kappa shape index (κ2) is 7.78. The number of benzene rings is 1. The minimum Gasteiger partial charge on any atom is -0.494 e. The largest absolute Gasteiger partial charge is 0.494 e. The SMILES string of the molecule is CCOc1ccc(-c2noc(CCC(=O)N3CCNC(=O)C3)n2)cc1. The highest BCUT2D eigenvalue weighted by Gasteiger charge is 2.21. The molecule has 0 atom stereocenters. The summed E-state index contributed by atoms with van der Waals surface area (Å²) in [5, 5.41) is 6.64. The Morgan fingerprint density at radius 3 is 2.88 bits per heavy atom. The number of carbonyl (C=O) groups is 2. The van der Waals surface area contributed by atoms with Gasteiger partial charge in [-0.1, -0.05) is 5.16 Å². The molecule has 1 aliphatic rings. The third-order valence-electron chi connectivity index (χ3n) is 3.84. The van der Waals surface area contributed by atoms with Crippen molar-refractivity contribution in [3.63, 3.8) is 0 Å². The first-order valence-corrected chi connectivity index (χ1v) is 8.26. The molecule has 0 bridgehead atoms. The molecule has 0 radical (unpaired) electrons. The highest BCUT2D eigenvalue weighted by atomic mass is 16.5. The van der Waals surface area contributed by atoms with E-state index in [2.05, 4.69) is 15.5 Å². The van der Waals surface area contributed by atoms with Crippen molar-refractivity contribution >= 4 is 11.8 Å². The van der Waals surface area contributed by atoms with Gasteiger partial charge in [0.05, 0.1) is 13.2 Å². The van der Waals surface area contributed by atoms with Crippen LogP contribution in [0.1, 0.15) is 19.2 Å². The van der Waals surface area contributed by atoms with Crippen molar-refractivity contribution in [3.8, 4) is 17.1 Å². The number of hydrogen-bond donors (Lipinski definition) is 1. The molecule has 2 aromatic rings. The molecule has 8 nitrogen and oxygen atoms in total. The van der Waals surface area contributed by atoms with Gasteiger partial charge in [-0.25, -0.2) is 0 Å². The fraction of sp³-hybridized carbons (Fsp3) is 0.412. The van der Waals surface area contributed by atoms with Crippen LogP contribution in [0.25, 0.3) is 11.4 Å². The van der Waals surface area contributed by atoms with Crippen molar-refractivity contribution in [2.75, 3.05) is 26.2 Å². The number of carbonyl (C=O) groups excluding carboxylic acids is 2. The van der Waals surface area contributed by atoms with E-state index in [1.807, 2.05) is 31.2 Å². The number of nitrogens with one attached hydrogen (secondary N) is 1. The third-order valence-corrected chi connectivity index (χ3v) is 3.84. The highest BCUT2D eigenvalue weighted by molar-refractivity contribution is 5.85. The van der Waals surface area contributed by atoms with E-state index in [1.165, 1.54) is 0 Å². The zero-order valence-electron chi connectivity index (χ0n) is 14.0. The molecule has 0 saturated carbocycles. The van der Waals surface area contributed by atoms with Gasteiger partial charge in [-0.2, -0.15) is 4.98 Å². The molecule has 0 spiro atoms. The molecule has 1 aromatic carbocycles. The van der Waals surface area contributed by atoms with E-state index in [1.54, 1.807) is 4.90 Å². The second-order valence-electron chi connectivity index (χ2n) is 5.63. The summed E-state index contributed by atoms with van der Waals surface area (Å²) >= 11 is 0. The van der Waals surface area contributed by atoms with Crippen LogP contribution >= 0.6 is 0 Å². The molecular formula is C17H20N4O4. The summed E-state index contributed by atoms with van der Waals surface area (Å²) in [4.78, 5) is 29.3. The number of aromatic nitrogens is 2. The van der Waals surface area contributed by atoms with E-state index in [0.29, 0.717) is 37.8 Å². The van der Waals surface area contributed by atoms with Gasteiger partial charge in [-0.15, -0.1) is 0 Å². The van der Waals surface area contributed by atoms with Crippen molar-refractivity contribution in [2.24, 2.45) is 0 Å². The van der Waals surface area contributed by atoms with E-state index in [4.69, 9.17) is 9.26 Å². The summed E-state index contributed by atoms with van der Waals surface area (Å²) in [5.41, 5.74) is 0.817. The number of rotatable bonds is 6. The lowest BCUT2D eigenvalue weighted by Gasteiger charge is -2.26. The molecule has 2 amide bonds. The monoisotopic (exact) mass is 344 g/mol. The summed E-state index contributed by atoms with van der Waals surface area (Å²) in [7, 11) is 0. The Balaban J connectivity index is 1.56. The molecule has 25 heavy (non-hydrogen) atoms. The molecule has 1 saturated heterocycles. The van der Waals surface area contributed by atoms with Gasteiger partial charge >= 0.3 is 0 Å². The van der Waals surface area contributed by atoms with Gasteiger partial charge in [0.1, 0.15) is 5.75 Å². The summed E-state index contributed by atoms with van der Waals surface area (Å²) in [6.07, 6.45) is 0.583. The average molecular weight is 344 g/mol. The molecule has 8 heteroatoms. The molecule has 1 fully saturated rings. The van der Waals surface area contributed by atoms with E-state index < -0.39 is 0 Å². The minimum absolute atomic E-state index is 0.0873. The molecule has 0 aliphatic carbocycles. The number of aryl methyl sites for hydroxylation is 1. The van der Waals surface area contributed by atoms with Gasteiger partial charge in [0.2, 0.25) is 23.5 Å².